The quantitative estimate of drug-likeness (QED) is 0.887. The molecular weight excluding hydrogens is 246 g/mol. The van der Waals surface area contributed by atoms with E-state index in [1.54, 1.807) is 0 Å². The maximum Gasteiger partial charge on any atom is 0.131 e. The second-order valence-corrected chi connectivity index (χ2v) is 6.61. The standard InChI is InChI=1S/C17H29N3/c1-11(2)18-10-12(3)16-13(4)19-17(20-14(16)5)15-8-6-7-9-15/h11-12,15,18H,6-10H2,1-5H3. The zero-order valence-corrected chi connectivity index (χ0v) is 13.7. The summed E-state index contributed by atoms with van der Waals surface area (Å²) in [6, 6.07) is 0.525. The molecule has 1 N–H and O–H groups in total. The third-order valence-electron chi connectivity index (χ3n) is 4.39. The van der Waals surface area contributed by atoms with Gasteiger partial charge in [0.15, 0.2) is 0 Å². The largest absolute Gasteiger partial charge is 0.314 e. The van der Waals surface area contributed by atoms with E-state index in [1.807, 2.05) is 0 Å². The van der Waals surface area contributed by atoms with Crippen LogP contribution >= 0.6 is 0 Å². The van der Waals surface area contributed by atoms with E-state index in [1.165, 1.54) is 42.6 Å². The molecule has 1 atom stereocenters. The Labute approximate surface area is 123 Å². The summed E-state index contributed by atoms with van der Waals surface area (Å²) in [6.45, 7) is 11.9. The van der Waals surface area contributed by atoms with Crippen molar-refractivity contribution in [1.82, 2.24) is 15.3 Å². The SMILES string of the molecule is Cc1nc(C2CCCC2)nc(C)c1C(C)CNC(C)C. The molecule has 1 aliphatic carbocycles. The fourth-order valence-electron chi connectivity index (χ4n) is 3.35. The fourth-order valence-corrected chi connectivity index (χ4v) is 3.35. The lowest BCUT2D eigenvalue weighted by Gasteiger charge is -2.20. The number of aryl methyl sites for hydroxylation is 2. The van der Waals surface area contributed by atoms with Crippen LogP contribution in [0.5, 0.6) is 0 Å². The van der Waals surface area contributed by atoms with Gasteiger partial charge < -0.3 is 5.32 Å². The first-order chi connectivity index (χ1) is 9.49. The van der Waals surface area contributed by atoms with Crippen molar-refractivity contribution in [1.29, 1.82) is 0 Å². The molecular formula is C17H29N3. The molecule has 0 bridgehead atoms. The maximum atomic E-state index is 4.83. The van der Waals surface area contributed by atoms with Gasteiger partial charge >= 0.3 is 0 Å². The van der Waals surface area contributed by atoms with Crippen molar-refractivity contribution in [2.75, 3.05) is 6.54 Å². The number of rotatable bonds is 5. The van der Waals surface area contributed by atoms with Crippen LogP contribution in [-0.4, -0.2) is 22.6 Å². The van der Waals surface area contributed by atoms with Crippen molar-refractivity contribution in [3.63, 3.8) is 0 Å². The number of hydrogen-bond acceptors (Lipinski definition) is 3. The van der Waals surface area contributed by atoms with Crippen molar-refractivity contribution in [2.45, 2.75) is 78.2 Å². The molecule has 0 aromatic carbocycles. The number of aromatic nitrogens is 2. The molecule has 0 amide bonds. The zero-order valence-electron chi connectivity index (χ0n) is 13.7. The highest BCUT2D eigenvalue weighted by molar-refractivity contribution is 5.29. The van der Waals surface area contributed by atoms with Crippen LogP contribution in [0.3, 0.4) is 0 Å². The Kier molecular flexibility index (Phi) is 5.14. The van der Waals surface area contributed by atoms with Gasteiger partial charge in [-0.05, 0) is 38.2 Å². The second-order valence-electron chi connectivity index (χ2n) is 6.61. The summed E-state index contributed by atoms with van der Waals surface area (Å²) in [7, 11) is 0. The van der Waals surface area contributed by atoms with Gasteiger partial charge in [0.2, 0.25) is 0 Å². The Balaban J connectivity index is 2.17. The Morgan fingerprint density at radius 3 is 2.10 bits per heavy atom. The van der Waals surface area contributed by atoms with Gasteiger partial charge in [0.1, 0.15) is 5.82 Å². The lowest BCUT2D eigenvalue weighted by atomic mass is 9.97. The molecule has 20 heavy (non-hydrogen) atoms. The molecule has 1 aliphatic rings. The summed E-state index contributed by atoms with van der Waals surface area (Å²) in [5, 5.41) is 3.51. The Morgan fingerprint density at radius 2 is 1.60 bits per heavy atom. The number of nitrogens with one attached hydrogen (secondary N) is 1. The minimum atomic E-state index is 0.468. The summed E-state index contributed by atoms with van der Waals surface area (Å²) < 4.78 is 0. The van der Waals surface area contributed by atoms with Crippen LogP contribution in [0.15, 0.2) is 0 Å². The van der Waals surface area contributed by atoms with E-state index < -0.39 is 0 Å². The van der Waals surface area contributed by atoms with Crippen LogP contribution in [-0.2, 0) is 0 Å². The van der Waals surface area contributed by atoms with E-state index in [-0.39, 0.29) is 0 Å². The summed E-state index contributed by atoms with van der Waals surface area (Å²) in [5.74, 6) is 2.16. The predicted octanol–water partition coefficient (Wildman–Crippen LogP) is 3.85. The Bertz CT molecular complexity index is 425. The number of hydrogen-bond donors (Lipinski definition) is 1. The average Bonchev–Trinajstić information content (AvgIpc) is 2.89. The molecule has 3 heteroatoms. The maximum absolute atomic E-state index is 4.83. The van der Waals surface area contributed by atoms with Crippen LogP contribution in [0.4, 0.5) is 0 Å². The smallest absolute Gasteiger partial charge is 0.131 e. The van der Waals surface area contributed by atoms with Crippen LogP contribution in [0.1, 0.15) is 81.1 Å². The van der Waals surface area contributed by atoms with Crippen molar-refractivity contribution in [3.8, 4) is 0 Å². The summed E-state index contributed by atoms with van der Waals surface area (Å²) in [5.41, 5.74) is 3.69. The third kappa shape index (κ3) is 3.57. The topological polar surface area (TPSA) is 37.8 Å². The van der Waals surface area contributed by atoms with Gasteiger partial charge in [-0.15, -0.1) is 0 Å². The van der Waals surface area contributed by atoms with Crippen LogP contribution < -0.4 is 5.32 Å². The number of nitrogens with zero attached hydrogens (tertiary/aromatic N) is 2. The average molecular weight is 275 g/mol. The van der Waals surface area contributed by atoms with Crippen LogP contribution in [0.2, 0.25) is 0 Å². The van der Waals surface area contributed by atoms with Crippen LogP contribution in [0, 0.1) is 13.8 Å². The van der Waals surface area contributed by atoms with E-state index in [4.69, 9.17) is 9.97 Å². The van der Waals surface area contributed by atoms with E-state index in [0.717, 1.165) is 12.4 Å². The van der Waals surface area contributed by atoms with Crippen molar-refractivity contribution < 1.29 is 0 Å². The summed E-state index contributed by atoms with van der Waals surface area (Å²) in [4.78, 5) is 9.65. The van der Waals surface area contributed by atoms with Gasteiger partial charge in [0.05, 0.1) is 0 Å². The van der Waals surface area contributed by atoms with Gasteiger partial charge in [-0.2, -0.15) is 0 Å². The first-order valence-electron chi connectivity index (χ1n) is 8.07. The molecule has 1 saturated carbocycles. The van der Waals surface area contributed by atoms with Gasteiger partial charge in [-0.1, -0.05) is 33.6 Å². The lowest BCUT2D eigenvalue weighted by Crippen LogP contribution is -2.28. The van der Waals surface area contributed by atoms with Crippen molar-refractivity contribution in [2.24, 2.45) is 0 Å². The predicted molar refractivity (Wildman–Crippen MR) is 84.3 cm³/mol. The molecule has 1 aromatic rings. The third-order valence-corrected chi connectivity index (χ3v) is 4.39. The molecule has 0 saturated heterocycles. The van der Waals surface area contributed by atoms with Gasteiger partial charge in [-0.3, -0.25) is 0 Å². The van der Waals surface area contributed by atoms with Gasteiger partial charge in [0, 0.05) is 29.9 Å². The monoisotopic (exact) mass is 275 g/mol. The molecule has 1 unspecified atom stereocenters. The van der Waals surface area contributed by atoms with E-state index in [2.05, 4.69) is 39.9 Å². The summed E-state index contributed by atoms with van der Waals surface area (Å²) >= 11 is 0. The van der Waals surface area contributed by atoms with E-state index in [9.17, 15) is 0 Å². The molecule has 0 aliphatic heterocycles. The second kappa shape index (κ2) is 6.66. The molecule has 0 spiro atoms. The highest BCUT2D eigenvalue weighted by Gasteiger charge is 2.22. The first-order valence-corrected chi connectivity index (χ1v) is 8.07. The summed E-state index contributed by atoms with van der Waals surface area (Å²) in [6.07, 6.45) is 5.20. The molecule has 1 fully saturated rings. The van der Waals surface area contributed by atoms with E-state index >= 15 is 0 Å². The minimum absolute atomic E-state index is 0.468. The molecule has 3 nitrogen and oxygen atoms in total. The van der Waals surface area contributed by atoms with Gasteiger partial charge in [-0.25, -0.2) is 9.97 Å². The highest BCUT2D eigenvalue weighted by atomic mass is 14.9. The zero-order chi connectivity index (χ0) is 14.7. The van der Waals surface area contributed by atoms with Crippen molar-refractivity contribution >= 4 is 0 Å². The van der Waals surface area contributed by atoms with Gasteiger partial charge in [0.25, 0.3) is 0 Å². The molecule has 1 aromatic heterocycles. The fraction of sp³-hybridized carbons (Fsp3) is 0.765. The molecule has 2 rings (SSSR count). The van der Waals surface area contributed by atoms with Crippen molar-refractivity contribution in [3.05, 3.63) is 22.8 Å². The normalized spacial score (nSPS) is 17.9. The highest BCUT2D eigenvalue weighted by Crippen LogP contribution is 2.33. The molecule has 0 radical (unpaired) electrons. The first kappa shape index (κ1) is 15.4. The van der Waals surface area contributed by atoms with E-state index in [0.29, 0.717) is 17.9 Å². The lowest BCUT2D eigenvalue weighted by molar-refractivity contribution is 0.541. The molecule has 1 heterocycles. The molecule has 112 valence electrons. The Morgan fingerprint density at radius 1 is 1.05 bits per heavy atom. The Hall–Kier alpha value is -0.960. The minimum Gasteiger partial charge on any atom is -0.314 e. The van der Waals surface area contributed by atoms with Crippen LogP contribution in [0.25, 0.3) is 0 Å².